The van der Waals surface area contributed by atoms with Gasteiger partial charge >= 0.3 is 5.97 Å². The van der Waals surface area contributed by atoms with Crippen LogP contribution >= 0.6 is 0 Å². The fraction of sp³-hybridized carbons (Fsp3) is 0.875. The number of ether oxygens (including phenoxy) is 1. The molecule has 124 valence electrons. The minimum atomic E-state index is -0.463. The van der Waals surface area contributed by atoms with E-state index >= 15 is 0 Å². The summed E-state index contributed by atoms with van der Waals surface area (Å²) in [6.07, 6.45) is 2.18. The fourth-order valence-electron chi connectivity index (χ4n) is 1.68. The molecule has 5 nitrogen and oxygen atoms in total. The standard InChI is InChI=1S/C16H33N3O2/c1-12(9-10-15(2,3)4)19-14(17-8)18-11-13(20)21-16(5,6)7/h12H,9-11H2,1-8H3,(H2,17,18,19). The molecular weight excluding hydrogens is 266 g/mol. The van der Waals surface area contributed by atoms with Crippen molar-refractivity contribution in [3.63, 3.8) is 0 Å². The van der Waals surface area contributed by atoms with Gasteiger partial charge in [-0.15, -0.1) is 0 Å². The highest BCUT2D eigenvalue weighted by Crippen LogP contribution is 2.21. The van der Waals surface area contributed by atoms with Crippen LogP contribution in [0.25, 0.3) is 0 Å². The predicted octanol–water partition coefficient (Wildman–Crippen LogP) is 2.71. The summed E-state index contributed by atoms with van der Waals surface area (Å²) in [4.78, 5) is 15.8. The van der Waals surface area contributed by atoms with E-state index in [1.54, 1.807) is 7.05 Å². The summed E-state index contributed by atoms with van der Waals surface area (Å²) < 4.78 is 5.25. The molecule has 0 heterocycles. The second-order valence-electron chi connectivity index (χ2n) is 7.66. The Morgan fingerprint density at radius 1 is 1.19 bits per heavy atom. The number of nitrogens with zero attached hydrogens (tertiary/aromatic N) is 1. The summed E-state index contributed by atoms with van der Waals surface area (Å²) in [6, 6.07) is 0.300. The highest BCUT2D eigenvalue weighted by atomic mass is 16.6. The summed E-state index contributed by atoms with van der Waals surface area (Å²) >= 11 is 0. The Kier molecular flexibility index (Phi) is 7.75. The molecular formula is C16H33N3O2. The first kappa shape index (κ1) is 19.7. The van der Waals surface area contributed by atoms with Crippen LogP contribution in [0.15, 0.2) is 4.99 Å². The number of guanidine groups is 1. The lowest BCUT2D eigenvalue weighted by Gasteiger charge is -2.23. The fourth-order valence-corrected chi connectivity index (χ4v) is 1.68. The van der Waals surface area contributed by atoms with Crippen LogP contribution < -0.4 is 10.6 Å². The second kappa shape index (κ2) is 8.25. The van der Waals surface area contributed by atoms with Gasteiger partial charge in [-0.05, 0) is 46.0 Å². The molecule has 0 aromatic carbocycles. The smallest absolute Gasteiger partial charge is 0.325 e. The minimum absolute atomic E-state index is 0.114. The number of nitrogens with one attached hydrogen (secondary N) is 2. The average molecular weight is 299 g/mol. The van der Waals surface area contributed by atoms with E-state index in [0.29, 0.717) is 17.4 Å². The lowest BCUT2D eigenvalue weighted by molar-refractivity contribution is -0.153. The van der Waals surface area contributed by atoms with E-state index in [-0.39, 0.29) is 12.5 Å². The molecule has 0 aliphatic rings. The summed E-state index contributed by atoms with van der Waals surface area (Å²) in [5.74, 6) is 0.343. The van der Waals surface area contributed by atoms with E-state index < -0.39 is 5.60 Å². The Morgan fingerprint density at radius 3 is 2.19 bits per heavy atom. The minimum Gasteiger partial charge on any atom is -0.459 e. The number of hydrogen-bond acceptors (Lipinski definition) is 3. The zero-order valence-electron chi connectivity index (χ0n) is 15.0. The van der Waals surface area contributed by atoms with Crippen molar-refractivity contribution in [1.82, 2.24) is 10.6 Å². The van der Waals surface area contributed by atoms with Crippen LogP contribution in [0.3, 0.4) is 0 Å². The van der Waals surface area contributed by atoms with Crippen LogP contribution in [0.4, 0.5) is 0 Å². The van der Waals surface area contributed by atoms with Crippen molar-refractivity contribution in [1.29, 1.82) is 0 Å². The molecule has 0 radical (unpaired) electrons. The Labute approximate surface area is 129 Å². The first-order valence-corrected chi connectivity index (χ1v) is 7.62. The summed E-state index contributed by atoms with van der Waals surface area (Å²) in [7, 11) is 1.70. The number of esters is 1. The summed E-state index contributed by atoms with van der Waals surface area (Å²) in [5.41, 5.74) is -0.140. The van der Waals surface area contributed by atoms with Gasteiger partial charge in [0.15, 0.2) is 5.96 Å². The maximum Gasteiger partial charge on any atom is 0.325 e. The van der Waals surface area contributed by atoms with Crippen molar-refractivity contribution in [3.05, 3.63) is 0 Å². The van der Waals surface area contributed by atoms with Gasteiger partial charge in [0, 0.05) is 13.1 Å². The third-order valence-electron chi connectivity index (χ3n) is 2.75. The highest BCUT2D eigenvalue weighted by molar-refractivity contribution is 5.84. The quantitative estimate of drug-likeness (QED) is 0.465. The molecule has 0 aliphatic carbocycles. The number of carbonyl (C=O) groups is 1. The molecule has 0 aromatic heterocycles. The normalized spacial score (nSPS) is 14.6. The third-order valence-corrected chi connectivity index (χ3v) is 2.75. The van der Waals surface area contributed by atoms with Gasteiger partial charge in [-0.1, -0.05) is 20.8 Å². The van der Waals surface area contributed by atoms with Gasteiger partial charge in [-0.25, -0.2) is 0 Å². The van der Waals surface area contributed by atoms with Crippen molar-refractivity contribution >= 4 is 11.9 Å². The molecule has 0 aromatic rings. The molecule has 0 aliphatic heterocycles. The van der Waals surface area contributed by atoms with E-state index in [0.717, 1.165) is 12.8 Å². The lowest BCUT2D eigenvalue weighted by Crippen LogP contribution is -2.45. The molecule has 0 fully saturated rings. The molecule has 0 bridgehead atoms. The molecule has 1 unspecified atom stereocenters. The van der Waals surface area contributed by atoms with Gasteiger partial charge in [0.1, 0.15) is 12.1 Å². The monoisotopic (exact) mass is 299 g/mol. The van der Waals surface area contributed by atoms with Gasteiger partial charge in [0.05, 0.1) is 0 Å². The average Bonchev–Trinajstić information content (AvgIpc) is 2.28. The van der Waals surface area contributed by atoms with Crippen molar-refractivity contribution < 1.29 is 9.53 Å². The second-order valence-corrected chi connectivity index (χ2v) is 7.66. The Hall–Kier alpha value is -1.26. The number of carbonyl (C=O) groups excluding carboxylic acids is 1. The molecule has 0 rings (SSSR count). The molecule has 0 saturated heterocycles. The van der Waals surface area contributed by atoms with Gasteiger partial charge < -0.3 is 15.4 Å². The predicted molar refractivity (Wildman–Crippen MR) is 88.5 cm³/mol. The zero-order valence-corrected chi connectivity index (χ0v) is 15.0. The first-order chi connectivity index (χ1) is 9.43. The Morgan fingerprint density at radius 2 is 1.76 bits per heavy atom. The molecule has 0 amide bonds. The topological polar surface area (TPSA) is 62.7 Å². The van der Waals surface area contributed by atoms with Gasteiger partial charge in [0.2, 0.25) is 0 Å². The Balaban J connectivity index is 4.15. The maximum atomic E-state index is 11.7. The Bertz CT molecular complexity index is 352. The molecule has 0 saturated carbocycles. The van der Waals surface area contributed by atoms with Crippen molar-refractivity contribution in [2.24, 2.45) is 10.4 Å². The number of rotatable bonds is 5. The molecule has 1 atom stereocenters. The molecule has 21 heavy (non-hydrogen) atoms. The van der Waals surface area contributed by atoms with Crippen LogP contribution in [-0.4, -0.2) is 37.2 Å². The first-order valence-electron chi connectivity index (χ1n) is 7.62. The zero-order chi connectivity index (χ0) is 16.7. The highest BCUT2D eigenvalue weighted by Gasteiger charge is 2.17. The van der Waals surface area contributed by atoms with Crippen LogP contribution in [-0.2, 0) is 9.53 Å². The van der Waals surface area contributed by atoms with Gasteiger partial charge in [-0.2, -0.15) is 0 Å². The third kappa shape index (κ3) is 12.2. The van der Waals surface area contributed by atoms with Crippen molar-refractivity contribution in [2.75, 3.05) is 13.6 Å². The van der Waals surface area contributed by atoms with E-state index in [2.05, 4.69) is 43.3 Å². The lowest BCUT2D eigenvalue weighted by atomic mass is 9.89. The van der Waals surface area contributed by atoms with E-state index in [4.69, 9.17) is 4.74 Å². The largest absolute Gasteiger partial charge is 0.459 e. The van der Waals surface area contributed by atoms with Gasteiger partial charge in [-0.3, -0.25) is 9.79 Å². The van der Waals surface area contributed by atoms with Crippen molar-refractivity contribution in [2.45, 2.75) is 73.0 Å². The number of hydrogen-bond donors (Lipinski definition) is 2. The van der Waals surface area contributed by atoms with Crippen molar-refractivity contribution in [3.8, 4) is 0 Å². The van der Waals surface area contributed by atoms with Crippen LogP contribution in [0.5, 0.6) is 0 Å². The van der Waals surface area contributed by atoms with Crippen LogP contribution in [0.2, 0.25) is 0 Å². The molecule has 5 heteroatoms. The van der Waals surface area contributed by atoms with E-state index in [1.807, 2.05) is 20.8 Å². The molecule has 2 N–H and O–H groups in total. The SMILES string of the molecule is CN=C(NCC(=O)OC(C)(C)C)NC(C)CCC(C)(C)C. The van der Waals surface area contributed by atoms with Gasteiger partial charge in [0.25, 0.3) is 0 Å². The number of aliphatic imine (C=N–C) groups is 1. The van der Waals surface area contributed by atoms with Crippen LogP contribution in [0, 0.1) is 5.41 Å². The van der Waals surface area contributed by atoms with Crippen LogP contribution in [0.1, 0.15) is 61.3 Å². The molecule has 0 spiro atoms. The van der Waals surface area contributed by atoms with E-state index in [9.17, 15) is 4.79 Å². The maximum absolute atomic E-state index is 11.7. The summed E-state index contributed by atoms with van der Waals surface area (Å²) in [6.45, 7) is 14.5. The summed E-state index contributed by atoms with van der Waals surface area (Å²) in [5, 5.41) is 6.27. The van der Waals surface area contributed by atoms with E-state index in [1.165, 1.54) is 0 Å².